The molecule has 0 atom stereocenters. The molecule has 0 saturated carbocycles. The van der Waals surface area contributed by atoms with Crippen molar-refractivity contribution >= 4 is 11.9 Å². The third-order valence-electron chi connectivity index (χ3n) is 3.64. The molecular formula is C12H19N5O2. The molecule has 1 aromatic heterocycles. The monoisotopic (exact) mass is 265 g/mol. The lowest BCUT2D eigenvalue weighted by Gasteiger charge is -2.34. The molecule has 7 heteroatoms. The van der Waals surface area contributed by atoms with Crippen LogP contribution in [0.4, 0.5) is 5.95 Å². The van der Waals surface area contributed by atoms with Gasteiger partial charge in [0.2, 0.25) is 11.9 Å². The number of carbonyl (C=O) groups is 1. The molecule has 0 spiro atoms. The first-order chi connectivity index (χ1) is 9.07. The second kappa shape index (κ2) is 5.58. The molecule has 1 amide bonds. The van der Waals surface area contributed by atoms with Crippen molar-refractivity contribution in [3.05, 3.63) is 11.4 Å². The number of aryl methyl sites for hydroxylation is 2. The highest BCUT2D eigenvalue weighted by Crippen LogP contribution is 2.30. The second-order valence-corrected chi connectivity index (χ2v) is 4.86. The smallest absolute Gasteiger partial charge is 0.249 e. The third-order valence-corrected chi connectivity index (χ3v) is 3.64. The largest absolute Gasteiger partial charge is 0.381 e. The standard InChI is InChI=1S/C12H19N5O2/c1-8-9(2)16-17-11(14-8)15-10(18)12(7-13)3-5-19-6-4-12/h3-7,13H2,1-2H3,(H,14,15,17,18). The van der Waals surface area contributed by atoms with Crippen LogP contribution in [0.2, 0.25) is 0 Å². The maximum absolute atomic E-state index is 12.4. The Kier molecular flexibility index (Phi) is 4.06. The number of carbonyl (C=O) groups excluding carboxylic acids is 1. The summed E-state index contributed by atoms with van der Waals surface area (Å²) in [6.07, 6.45) is 1.24. The molecule has 19 heavy (non-hydrogen) atoms. The van der Waals surface area contributed by atoms with Crippen molar-refractivity contribution in [2.24, 2.45) is 11.1 Å². The lowest BCUT2D eigenvalue weighted by molar-refractivity contribution is -0.130. The summed E-state index contributed by atoms with van der Waals surface area (Å²) in [7, 11) is 0. The molecule has 0 unspecified atom stereocenters. The molecule has 0 aromatic carbocycles. The predicted molar refractivity (Wildman–Crippen MR) is 69.5 cm³/mol. The van der Waals surface area contributed by atoms with Crippen molar-refractivity contribution in [1.29, 1.82) is 0 Å². The fraction of sp³-hybridized carbons (Fsp3) is 0.667. The zero-order chi connectivity index (χ0) is 13.9. The first-order valence-corrected chi connectivity index (χ1v) is 6.34. The van der Waals surface area contributed by atoms with E-state index in [2.05, 4.69) is 20.5 Å². The predicted octanol–water partition coefficient (Wildman–Crippen LogP) is 0.182. The van der Waals surface area contributed by atoms with Gasteiger partial charge in [0.15, 0.2) is 0 Å². The van der Waals surface area contributed by atoms with E-state index < -0.39 is 5.41 Å². The minimum atomic E-state index is -0.583. The first-order valence-electron chi connectivity index (χ1n) is 6.34. The maximum atomic E-state index is 12.4. The molecule has 3 N–H and O–H groups in total. The number of ether oxygens (including phenoxy) is 1. The van der Waals surface area contributed by atoms with Gasteiger partial charge in [0, 0.05) is 19.8 Å². The number of hydrogen-bond donors (Lipinski definition) is 2. The summed E-state index contributed by atoms with van der Waals surface area (Å²) in [5.41, 5.74) is 6.69. The zero-order valence-electron chi connectivity index (χ0n) is 11.3. The van der Waals surface area contributed by atoms with Crippen LogP contribution in [0.25, 0.3) is 0 Å². The van der Waals surface area contributed by atoms with E-state index in [4.69, 9.17) is 10.5 Å². The van der Waals surface area contributed by atoms with Gasteiger partial charge in [-0.3, -0.25) is 10.1 Å². The van der Waals surface area contributed by atoms with Gasteiger partial charge in [-0.2, -0.15) is 5.10 Å². The highest BCUT2D eigenvalue weighted by Gasteiger charge is 2.39. The Morgan fingerprint density at radius 2 is 2.00 bits per heavy atom. The molecule has 2 heterocycles. The Hall–Kier alpha value is -1.60. The van der Waals surface area contributed by atoms with Gasteiger partial charge >= 0.3 is 0 Å². The molecule has 0 aliphatic carbocycles. The Balaban J connectivity index is 2.12. The molecule has 1 aromatic rings. The summed E-state index contributed by atoms with van der Waals surface area (Å²) in [6.45, 7) is 5.04. The van der Waals surface area contributed by atoms with Gasteiger partial charge in [-0.25, -0.2) is 4.98 Å². The fourth-order valence-corrected chi connectivity index (χ4v) is 2.03. The Bertz CT molecular complexity index is 471. The van der Waals surface area contributed by atoms with Crippen LogP contribution in [-0.4, -0.2) is 40.8 Å². The fourth-order valence-electron chi connectivity index (χ4n) is 2.03. The van der Waals surface area contributed by atoms with E-state index >= 15 is 0 Å². The van der Waals surface area contributed by atoms with Gasteiger partial charge in [-0.05, 0) is 26.7 Å². The number of aromatic nitrogens is 3. The average Bonchev–Trinajstić information content (AvgIpc) is 2.43. The van der Waals surface area contributed by atoms with Crippen LogP contribution in [0, 0.1) is 19.3 Å². The maximum Gasteiger partial charge on any atom is 0.249 e. The van der Waals surface area contributed by atoms with Gasteiger partial charge in [-0.15, -0.1) is 5.10 Å². The van der Waals surface area contributed by atoms with Crippen LogP contribution in [0.3, 0.4) is 0 Å². The molecule has 104 valence electrons. The minimum absolute atomic E-state index is 0.150. The van der Waals surface area contributed by atoms with Crippen LogP contribution in [0.15, 0.2) is 0 Å². The first kappa shape index (κ1) is 13.8. The average molecular weight is 265 g/mol. The van der Waals surface area contributed by atoms with Crippen LogP contribution in [0.1, 0.15) is 24.2 Å². The molecule has 1 saturated heterocycles. The van der Waals surface area contributed by atoms with Crippen molar-refractivity contribution in [3.63, 3.8) is 0 Å². The molecular weight excluding hydrogens is 246 g/mol. The van der Waals surface area contributed by atoms with Gasteiger partial charge in [0.25, 0.3) is 0 Å². The molecule has 1 aliphatic heterocycles. The van der Waals surface area contributed by atoms with E-state index in [0.717, 1.165) is 11.4 Å². The highest BCUT2D eigenvalue weighted by atomic mass is 16.5. The molecule has 0 bridgehead atoms. The normalized spacial score (nSPS) is 18.1. The SMILES string of the molecule is Cc1nnc(NC(=O)C2(CN)CCOCC2)nc1C. The summed E-state index contributed by atoms with van der Waals surface area (Å²) in [5.74, 6) is 0.0794. The van der Waals surface area contributed by atoms with Gasteiger partial charge in [-0.1, -0.05) is 0 Å². The van der Waals surface area contributed by atoms with Crippen LogP contribution in [0.5, 0.6) is 0 Å². The third kappa shape index (κ3) is 2.87. The van der Waals surface area contributed by atoms with E-state index in [1.165, 1.54) is 0 Å². The second-order valence-electron chi connectivity index (χ2n) is 4.86. The molecule has 1 fully saturated rings. The Morgan fingerprint density at radius 1 is 1.32 bits per heavy atom. The summed E-state index contributed by atoms with van der Waals surface area (Å²) < 4.78 is 5.28. The number of nitrogens with two attached hydrogens (primary N) is 1. The van der Waals surface area contributed by atoms with Crippen LogP contribution >= 0.6 is 0 Å². The van der Waals surface area contributed by atoms with E-state index in [0.29, 0.717) is 32.6 Å². The van der Waals surface area contributed by atoms with Crippen molar-refractivity contribution in [2.45, 2.75) is 26.7 Å². The van der Waals surface area contributed by atoms with Gasteiger partial charge in [0.05, 0.1) is 16.8 Å². The number of nitrogens with one attached hydrogen (secondary N) is 1. The molecule has 0 radical (unpaired) electrons. The number of nitrogens with zero attached hydrogens (tertiary/aromatic N) is 3. The van der Waals surface area contributed by atoms with E-state index in [9.17, 15) is 4.79 Å². The highest BCUT2D eigenvalue weighted by molar-refractivity contribution is 5.94. The van der Waals surface area contributed by atoms with E-state index in [1.54, 1.807) is 0 Å². The van der Waals surface area contributed by atoms with Crippen molar-refractivity contribution in [3.8, 4) is 0 Å². The molecule has 1 aliphatic rings. The lowest BCUT2D eigenvalue weighted by atomic mass is 9.79. The Morgan fingerprint density at radius 3 is 2.58 bits per heavy atom. The van der Waals surface area contributed by atoms with Crippen LogP contribution in [-0.2, 0) is 9.53 Å². The summed E-state index contributed by atoms with van der Waals surface area (Å²) in [4.78, 5) is 16.6. The quantitative estimate of drug-likeness (QED) is 0.808. The molecule has 2 rings (SSSR count). The molecule has 7 nitrogen and oxygen atoms in total. The number of amides is 1. The van der Waals surface area contributed by atoms with Crippen molar-refractivity contribution in [1.82, 2.24) is 15.2 Å². The Labute approximate surface area is 112 Å². The van der Waals surface area contributed by atoms with Gasteiger partial charge < -0.3 is 10.5 Å². The zero-order valence-corrected chi connectivity index (χ0v) is 11.3. The number of hydrogen-bond acceptors (Lipinski definition) is 6. The lowest BCUT2D eigenvalue weighted by Crippen LogP contribution is -2.46. The van der Waals surface area contributed by atoms with E-state index in [-0.39, 0.29) is 11.9 Å². The van der Waals surface area contributed by atoms with Crippen molar-refractivity contribution < 1.29 is 9.53 Å². The minimum Gasteiger partial charge on any atom is -0.381 e. The van der Waals surface area contributed by atoms with E-state index in [1.807, 2.05) is 13.8 Å². The number of anilines is 1. The number of rotatable bonds is 3. The topological polar surface area (TPSA) is 103 Å². The summed E-state index contributed by atoms with van der Waals surface area (Å²) in [6, 6.07) is 0. The van der Waals surface area contributed by atoms with Crippen LogP contribution < -0.4 is 11.1 Å². The summed E-state index contributed by atoms with van der Waals surface area (Å²) in [5, 5.41) is 10.5. The van der Waals surface area contributed by atoms with Gasteiger partial charge in [0.1, 0.15) is 0 Å². The van der Waals surface area contributed by atoms with Crippen molar-refractivity contribution in [2.75, 3.05) is 25.1 Å². The summed E-state index contributed by atoms with van der Waals surface area (Å²) >= 11 is 0.